The fraction of sp³-hybridized carbons (Fsp3) is 0.708. The van der Waals surface area contributed by atoms with Crippen molar-refractivity contribution in [1.29, 1.82) is 0 Å². The number of phenols is 1. The fourth-order valence-electron chi connectivity index (χ4n) is 7.18. The molecular weight excluding hydrogens is 362 g/mol. The third kappa shape index (κ3) is 3.86. The molecule has 4 bridgehead atoms. The van der Waals surface area contributed by atoms with Gasteiger partial charge in [0, 0.05) is 37.9 Å². The van der Waals surface area contributed by atoms with Crippen LogP contribution in [0.1, 0.15) is 45.4 Å². The summed E-state index contributed by atoms with van der Waals surface area (Å²) in [6.45, 7) is 6.43. The third-order valence-electron chi connectivity index (χ3n) is 8.34. The minimum atomic E-state index is 0.200. The van der Waals surface area contributed by atoms with E-state index < -0.39 is 0 Å². The van der Waals surface area contributed by atoms with E-state index in [9.17, 15) is 9.90 Å². The second-order valence-corrected chi connectivity index (χ2v) is 10.3. The predicted molar refractivity (Wildman–Crippen MR) is 115 cm³/mol. The van der Waals surface area contributed by atoms with Gasteiger partial charge in [0.15, 0.2) is 0 Å². The van der Waals surface area contributed by atoms with Crippen molar-refractivity contribution < 1.29 is 9.90 Å². The van der Waals surface area contributed by atoms with Gasteiger partial charge in [-0.25, -0.2) is 0 Å². The summed E-state index contributed by atoms with van der Waals surface area (Å²) in [6, 6.07) is 7.71. The number of carbonyl (C=O) groups is 1. The lowest BCUT2D eigenvalue weighted by atomic mass is 9.48. The van der Waals surface area contributed by atoms with Gasteiger partial charge in [-0.05, 0) is 92.9 Å². The molecule has 1 heterocycles. The van der Waals surface area contributed by atoms with Crippen molar-refractivity contribution >= 4 is 11.6 Å². The smallest absolute Gasteiger partial charge is 0.234 e. The lowest BCUT2D eigenvalue weighted by Crippen LogP contribution is -2.57. The lowest BCUT2D eigenvalue weighted by Gasteiger charge is -2.59. The van der Waals surface area contributed by atoms with Crippen LogP contribution in [0.15, 0.2) is 24.3 Å². The molecule has 1 aliphatic heterocycles. The largest absolute Gasteiger partial charge is 0.508 e. The number of anilines is 1. The number of hydrogen-bond donors (Lipinski definition) is 2. The molecule has 0 radical (unpaired) electrons. The summed E-state index contributed by atoms with van der Waals surface area (Å²) in [6.07, 6.45) is 8.37. The number of phenolic OH excluding ortho intramolecular Hbond substituents is 1. The normalized spacial score (nSPS) is 34.9. The van der Waals surface area contributed by atoms with Crippen molar-refractivity contribution in [3.05, 3.63) is 24.3 Å². The second-order valence-electron chi connectivity index (χ2n) is 10.3. The monoisotopic (exact) mass is 397 g/mol. The molecule has 1 aromatic carbocycles. The van der Waals surface area contributed by atoms with Crippen molar-refractivity contribution in [3.63, 3.8) is 0 Å². The number of piperazine rings is 1. The Bertz CT molecular complexity index is 704. The van der Waals surface area contributed by atoms with Gasteiger partial charge in [-0.3, -0.25) is 9.69 Å². The summed E-state index contributed by atoms with van der Waals surface area (Å²) >= 11 is 0. The maximum atomic E-state index is 12.8. The van der Waals surface area contributed by atoms with Crippen LogP contribution in [0.2, 0.25) is 0 Å². The highest BCUT2D eigenvalue weighted by Crippen LogP contribution is 2.61. The standard InChI is InChI=1S/C24H35N3O2/c1-17(24-13-18-10-19(14-24)12-20(11-18)15-24)25-23(29)16-26-6-8-27(9-7-26)21-2-4-22(28)5-3-21/h2-5,17-20,28H,6-16H2,1H3,(H,25,29)/t17-,18?,19?,20?,24?/m0/s1. The van der Waals surface area contributed by atoms with E-state index in [-0.39, 0.29) is 5.91 Å². The summed E-state index contributed by atoms with van der Waals surface area (Å²) in [5.41, 5.74) is 1.52. The number of carbonyl (C=O) groups excluding carboxylic acids is 1. The first kappa shape index (κ1) is 19.2. The zero-order valence-electron chi connectivity index (χ0n) is 17.6. The molecule has 5 heteroatoms. The lowest BCUT2D eigenvalue weighted by molar-refractivity contribution is -0.127. The van der Waals surface area contributed by atoms with Crippen LogP contribution in [0.5, 0.6) is 5.75 Å². The average molecular weight is 398 g/mol. The molecular formula is C24H35N3O2. The van der Waals surface area contributed by atoms with Crippen LogP contribution in [0.4, 0.5) is 5.69 Å². The van der Waals surface area contributed by atoms with Gasteiger partial charge < -0.3 is 15.3 Å². The number of nitrogens with one attached hydrogen (secondary N) is 1. The van der Waals surface area contributed by atoms with Gasteiger partial charge in [-0.2, -0.15) is 0 Å². The number of amides is 1. The van der Waals surface area contributed by atoms with Crippen molar-refractivity contribution in [2.45, 2.75) is 51.5 Å². The summed E-state index contributed by atoms with van der Waals surface area (Å²) in [4.78, 5) is 17.4. The molecule has 5 fully saturated rings. The Morgan fingerprint density at radius 1 is 1.03 bits per heavy atom. The van der Waals surface area contributed by atoms with Crippen molar-refractivity contribution in [1.82, 2.24) is 10.2 Å². The molecule has 1 aromatic rings. The number of benzene rings is 1. The van der Waals surface area contributed by atoms with E-state index in [1.165, 1.54) is 38.5 Å². The molecule has 29 heavy (non-hydrogen) atoms. The Balaban J connectivity index is 1.12. The molecule has 1 atom stereocenters. The van der Waals surface area contributed by atoms with Crippen molar-refractivity contribution in [3.8, 4) is 5.75 Å². The van der Waals surface area contributed by atoms with Crippen LogP contribution in [-0.2, 0) is 4.79 Å². The van der Waals surface area contributed by atoms with Crippen molar-refractivity contribution in [2.75, 3.05) is 37.6 Å². The second kappa shape index (κ2) is 7.50. The van der Waals surface area contributed by atoms with E-state index in [0.29, 0.717) is 23.8 Å². The molecule has 0 unspecified atom stereocenters. The number of aromatic hydroxyl groups is 1. The highest BCUT2D eigenvalue weighted by Gasteiger charge is 2.53. The minimum absolute atomic E-state index is 0.200. The van der Waals surface area contributed by atoms with Crippen LogP contribution >= 0.6 is 0 Å². The third-order valence-corrected chi connectivity index (χ3v) is 8.34. The average Bonchev–Trinajstić information content (AvgIpc) is 2.68. The summed E-state index contributed by atoms with van der Waals surface area (Å²) < 4.78 is 0. The Hall–Kier alpha value is -1.75. The van der Waals surface area contributed by atoms with E-state index in [2.05, 4.69) is 22.0 Å². The Morgan fingerprint density at radius 3 is 2.14 bits per heavy atom. The molecule has 2 N–H and O–H groups in total. The quantitative estimate of drug-likeness (QED) is 0.801. The first-order chi connectivity index (χ1) is 14.0. The van der Waals surface area contributed by atoms with Crippen LogP contribution in [-0.4, -0.2) is 54.7 Å². The van der Waals surface area contributed by atoms with Gasteiger partial charge >= 0.3 is 0 Å². The first-order valence-corrected chi connectivity index (χ1v) is 11.5. The summed E-state index contributed by atoms with van der Waals surface area (Å²) in [5.74, 6) is 3.28. The molecule has 5 nitrogen and oxygen atoms in total. The van der Waals surface area contributed by atoms with Gasteiger partial charge in [0.25, 0.3) is 0 Å². The van der Waals surface area contributed by atoms with E-state index in [1.807, 2.05) is 12.1 Å². The maximum absolute atomic E-state index is 12.8. The van der Waals surface area contributed by atoms with Gasteiger partial charge in [0.1, 0.15) is 5.75 Å². The SMILES string of the molecule is C[C@H](NC(=O)CN1CCN(c2ccc(O)cc2)CC1)C12CC3CC(CC(C3)C1)C2. The molecule has 158 valence electrons. The molecule has 4 aliphatic carbocycles. The fourth-order valence-corrected chi connectivity index (χ4v) is 7.18. The molecule has 1 amide bonds. The van der Waals surface area contributed by atoms with Crippen molar-refractivity contribution in [2.24, 2.45) is 23.2 Å². The summed E-state index contributed by atoms with van der Waals surface area (Å²) in [5, 5.41) is 12.9. The first-order valence-electron chi connectivity index (χ1n) is 11.5. The minimum Gasteiger partial charge on any atom is -0.508 e. The Kier molecular flexibility index (Phi) is 4.97. The number of hydrogen-bond acceptors (Lipinski definition) is 4. The molecule has 6 rings (SSSR count). The van der Waals surface area contributed by atoms with Crippen LogP contribution in [0.3, 0.4) is 0 Å². The molecule has 0 spiro atoms. The molecule has 0 aromatic heterocycles. The van der Waals surface area contributed by atoms with Crippen LogP contribution in [0, 0.1) is 23.2 Å². The van der Waals surface area contributed by atoms with Gasteiger partial charge in [0.2, 0.25) is 5.91 Å². The van der Waals surface area contributed by atoms with Gasteiger partial charge in [-0.1, -0.05) is 0 Å². The Morgan fingerprint density at radius 2 is 1.59 bits per heavy atom. The van der Waals surface area contributed by atoms with E-state index in [4.69, 9.17) is 0 Å². The van der Waals surface area contributed by atoms with Crippen LogP contribution in [0.25, 0.3) is 0 Å². The highest BCUT2D eigenvalue weighted by atomic mass is 16.3. The van der Waals surface area contributed by atoms with E-state index in [0.717, 1.165) is 49.6 Å². The van der Waals surface area contributed by atoms with Crippen LogP contribution < -0.4 is 10.2 Å². The number of nitrogens with zero attached hydrogens (tertiary/aromatic N) is 2. The maximum Gasteiger partial charge on any atom is 0.234 e. The number of rotatable bonds is 5. The topological polar surface area (TPSA) is 55.8 Å². The van der Waals surface area contributed by atoms with Gasteiger partial charge in [0.05, 0.1) is 6.54 Å². The molecule has 5 aliphatic rings. The Labute approximate surface area is 174 Å². The van der Waals surface area contributed by atoms with Gasteiger partial charge in [-0.15, -0.1) is 0 Å². The molecule has 1 saturated heterocycles. The highest BCUT2D eigenvalue weighted by molar-refractivity contribution is 5.78. The zero-order valence-corrected chi connectivity index (χ0v) is 17.6. The summed E-state index contributed by atoms with van der Waals surface area (Å²) in [7, 11) is 0. The predicted octanol–water partition coefficient (Wildman–Crippen LogP) is 3.24. The zero-order chi connectivity index (χ0) is 20.0. The molecule has 4 saturated carbocycles. The van der Waals surface area contributed by atoms with E-state index >= 15 is 0 Å². The van der Waals surface area contributed by atoms with E-state index in [1.54, 1.807) is 12.1 Å².